The van der Waals surface area contributed by atoms with Crippen LogP contribution in [0.2, 0.25) is 0 Å². The maximum Gasteiger partial charge on any atom is 0.262 e. The van der Waals surface area contributed by atoms with Gasteiger partial charge in [-0.2, -0.15) is 4.39 Å². The molecule has 23 heavy (non-hydrogen) atoms. The predicted molar refractivity (Wildman–Crippen MR) is 88.3 cm³/mol. The lowest BCUT2D eigenvalue weighted by Gasteiger charge is -2.19. The van der Waals surface area contributed by atoms with Crippen LogP contribution in [0.4, 0.5) is 10.1 Å². The zero-order valence-electron chi connectivity index (χ0n) is 14.0. The molecule has 4 nitrogen and oxygen atoms in total. The van der Waals surface area contributed by atoms with E-state index in [0.29, 0.717) is 12.1 Å². The molecule has 1 aliphatic carbocycles. The van der Waals surface area contributed by atoms with Crippen LogP contribution in [0.1, 0.15) is 54.4 Å². The highest BCUT2D eigenvalue weighted by Gasteiger charge is 2.32. The van der Waals surface area contributed by atoms with Gasteiger partial charge in [0, 0.05) is 12.7 Å². The van der Waals surface area contributed by atoms with Gasteiger partial charge >= 0.3 is 0 Å². The van der Waals surface area contributed by atoms with E-state index >= 15 is 0 Å². The minimum atomic E-state index is -0.713. The Bertz CT molecular complexity index is 777. The number of carbonyl (C=O) groups is 1. The number of nitrogens with one attached hydrogen (secondary N) is 1. The Morgan fingerprint density at radius 2 is 2.17 bits per heavy atom. The van der Waals surface area contributed by atoms with E-state index in [9.17, 15) is 9.18 Å². The van der Waals surface area contributed by atoms with Crippen LogP contribution in [-0.2, 0) is 25.3 Å². The van der Waals surface area contributed by atoms with Crippen molar-refractivity contribution in [2.75, 3.05) is 5.32 Å². The van der Waals surface area contributed by atoms with Gasteiger partial charge in [-0.15, -0.1) is 5.10 Å². The number of carbonyl (C=O) groups excluding carboxylic acids is 1. The van der Waals surface area contributed by atoms with Gasteiger partial charge in [0.1, 0.15) is 5.56 Å². The van der Waals surface area contributed by atoms with Gasteiger partial charge in [0.2, 0.25) is 5.95 Å². The fraction of sp³-hybridized carbons (Fsp3) is 0.444. The Morgan fingerprint density at radius 1 is 1.43 bits per heavy atom. The van der Waals surface area contributed by atoms with E-state index in [0.717, 1.165) is 24.1 Å². The minimum absolute atomic E-state index is 0.0462. The lowest BCUT2D eigenvalue weighted by Crippen LogP contribution is -2.17. The molecule has 0 fully saturated rings. The van der Waals surface area contributed by atoms with E-state index in [-0.39, 0.29) is 11.0 Å². The normalized spacial score (nSPS) is 15.5. The van der Waals surface area contributed by atoms with Crippen molar-refractivity contribution < 1.29 is 9.18 Å². The fourth-order valence-corrected chi connectivity index (χ4v) is 3.52. The van der Waals surface area contributed by atoms with Crippen molar-refractivity contribution in [2.45, 2.75) is 45.4 Å². The van der Waals surface area contributed by atoms with Crippen LogP contribution < -0.4 is 5.32 Å². The SMILES string of the molecule is CCc1c(C(=O)Nc2cccc3c2CCC3(C)C)c(F)nn1C. The van der Waals surface area contributed by atoms with Gasteiger partial charge < -0.3 is 5.32 Å². The summed E-state index contributed by atoms with van der Waals surface area (Å²) in [6.07, 6.45) is 2.53. The summed E-state index contributed by atoms with van der Waals surface area (Å²) >= 11 is 0. The molecule has 1 N–H and O–H groups in total. The zero-order valence-corrected chi connectivity index (χ0v) is 14.0. The van der Waals surface area contributed by atoms with E-state index < -0.39 is 11.9 Å². The second-order valence-electron chi connectivity index (χ2n) is 6.76. The molecule has 0 saturated heterocycles. The molecule has 122 valence electrons. The monoisotopic (exact) mass is 315 g/mol. The molecule has 0 saturated carbocycles. The molecule has 0 aliphatic heterocycles. The number of hydrogen-bond donors (Lipinski definition) is 1. The molecule has 1 aromatic heterocycles. The molecule has 1 heterocycles. The fourth-order valence-electron chi connectivity index (χ4n) is 3.52. The molecule has 1 amide bonds. The van der Waals surface area contributed by atoms with E-state index in [1.807, 2.05) is 19.1 Å². The summed E-state index contributed by atoms with van der Waals surface area (Å²) in [7, 11) is 1.65. The molecule has 3 rings (SSSR count). The van der Waals surface area contributed by atoms with Crippen LogP contribution in [0, 0.1) is 5.95 Å². The van der Waals surface area contributed by atoms with Crippen molar-refractivity contribution in [3.8, 4) is 0 Å². The standard InChI is InChI=1S/C18H22FN3O/c1-5-14-15(16(19)21-22(14)4)17(23)20-13-8-6-7-12-11(13)9-10-18(12,2)3/h6-8H,5,9-10H2,1-4H3,(H,20,23). The maximum absolute atomic E-state index is 14.0. The number of benzene rings is 1. The van der Waals surface area contributed by atoms with Gasteiger partial charge in [0.25, 0.3) is 5.91 Å². The van der Waals surface area contributed by atoms with E-state index in [1.165, 1.54) is 10.2 Å². The predicted octanol–water partition coefficient (Wildman–Crippen LogP) is 3.60. The third-order valence-corrected chi connectivity index (χ3v) is 4.84. The molecule has 0 atom stereocenters. The molecular weight excluding hydrogens is 293 g/mol. The van der Waals surface area contributed by atoms with Crippen LogP contribution in [0.3, 0.4) is 0 Å². The topological polar surface area (TPSA) is 46.9 Å². The summed E-state index contributed by atoms with van der Waals surface area (Å²) in [6, 6.07) is 5.94. The number of anilines is 1. The third-order valence-electron chi connectivity index (χ3n) is 4.84. The van der Waals surface area contributed by atoms with Gasteiger partial charge in [-0.05, 0) is 41.9 Å². The first kappa shape index (κ1) is 15.7. The average Bonchev–Trinajstić information content (AvgIpc) is 2.96. The van der Waals surface area contributed by atoms with Gasteiger partial charge in [0.15, 0.2) is 0 Å². The Balaban J connectivity index is 1.96. The van der Waals surface area contributed by atoms with Crippen LogP contribution in [0.15, 0.2) is 18.2 Å². The number of hydrogen-bond acceptors (Lipinski definition) is 2. The van der Waals surface area contributed by atoms with E-state index in [1.54, 1.807) is 7.05 Å². The number of nitrogens with zero attached hydrogens (tertiary/aromatic N) is 2. The molecular formula is C18H22FN3O. The summed E-state index contributed by atoms with van der Waals surface area (Å²) in [5, 5.41) is 6.62. The summed E-state index contributed by atoms with van der Waals surface area (Å²) in [5.74, 6) is -1.14. The van der Waals surface area contributed by atoms with Crippen LogP contribution in [0.25, 0.3) is 0 Å². The summed E-state index contributed by atoms with van der Waals surface area (Å²) in [6.45, 7) is 6.30. The van der Waals surface area contributed by atoms with Crippen molar-refractivity contribution in [3.63, 3.8) is 0 Å². The van der Waals surface area contributed by atoms with Gasteiger partial charge in [0.05, 0.1) is 5.69 Å². The zero-order chi connectivity index (χ0) is 16.8. The third kappa shape index (κ3) is 2.54. The summed E-state index contributed by atoms with van der Waals surface area (Å²) in [5.41, 5.74) is 3.97. The quantitative estimate of drug-likeness (QED) is 0.941. The number of aryl methyl sites for hydroxylation is 1. The molecule has 0 unspecified atom stereocenters. The Kier molecular flexibility index (Phi) is 3.74. The van der Waals surface area contributed by atoms with E-state index in [2.05, 4.69) is 30.3 Å². The number of halogens is 1. The van der Waals surface area contributed by atoms with Gasteiger partial charge in [-0.3, -0.25) is 9.48 Å². The largest absolute Gasteiger partial charge is 0.322 e. The lowest BCUT2D eigenvalue weighted by atomic mass is 9.86. The molecule has 0 spiro atoms. The van der Waals surface area contributed by atoms with Crippen molar-refractivity contribution in [1.82, 2.24) is 9.78 Å². The smallest absolute Gasteiger partial charge is 0.262 e. The van der Waals surface area contributed by atoms with Crippen LogP contribution >= 0.6 is 0 Å². The van der Waals surface area contributed by atoms with Gasteiger partial charge in [-0.25, -0.2) is 0 Å². The highest BCUT2D eigenvalue weighted by molar-refractivity contribution is 6.05. The summed E-state index contributed by atoms with van der Waals surface area (Å²) < 4.78 is 15.4. The second-order valence-corrected chi connectivity index (χ2v) is 6.76. The number of amides is 1. The highest BCUT2D eigenvalue weighted by atomic mass is 19.1. The molecule has 5 heteroatoms. The first-order valence-corrected chi connectivity index (χ1v) is 8.00. The number of aromatic nitrogens is 2. The first-order chi connectivity index (χ1) is 10.8. The van der Waals surface area contributed by atoms with Crippen LogP contribution in [0.5, 0.6) is 0 Å². The molecule has 1 aliphatic rings. The van der Waals surface area contributed by atoms with Gasteiger partial charge in [-0.1, -0.05) is 32.9 Å². The van der Waals surface area contributed by atoms with E-state index in [4.69, 9.17) is 0 Å². The Labute approximate surface area is 135 Å². The van der Waals surface area contributed by atoms with Crippen molar-refractivity contribution >= 4 is 11.6 Å². The van der Waals surface area contributed by atoms with Crippen molar-refractivity contribution in [2.24, 2.45) is 7.05 Å². The lowest BCUT2D eigenvalue weighted by molar-refractivity contribution is 0.102. The molecule has 2 aromatic rings. The maximum atomic E-state index is 14.0. The van der Waals surface area contributed by atoms with Crippen molar-refractivity contribution in [3.05, 3.63) is 46.5 Å². The molecule has 0 bridgehead atoms. The molecule has 1 aromatic carbocycles. The number of fused-ring (bicyclic) bond motifs is 1. The summed E-state index contributed by atoms with van der Waals surface area (Å²) in [4.78, 5) is 12.6. The first-order valence-electron chi connectivity index (χ1n) is 8.00. The average molecular weight is 315 g/mol. The number of rotatable bonds is 3. The Hall–Kier alpha value is -2.17. The van der Waals surface area contributed by atoms with Crippen LogP contribution in [-0.4, -0.2) is 15.7 Å². The molecule has 0 radical (unpaired) electrons. The second kappa shape index (κ2) is 5.48. The van der Waals surface area contributed by atoms with Crippen molar-refractivity contribution in [1.29, 1.82) is 0 Å². The minimum Gasteiger partial charge on any atom is -0.322 e. The highest BCUT2D eigenvalue weighted by Crippen LogP contribution is 2.41. The Morgan fingerprint density at radius 3 is 2.87 bits per heavy atom.